The molecule has 4 amide bonds. The zero-order valence-corrected chi connectivity index (χ0v) is 24.7. The lowest BCUT2D eigenvalue weighted by Crippen LogP contribution is -2.58. The SMILES string of the molecule is CC[C@H](C)[C@H](NC(=O)Cc1cc2ccccc2[nH]1)C(=O)N[C@H]1CCc2cccc3c2N(C1=O)[C@H](C(=O)NCc1c[nH]nn1)C3. The van der Waals surface area contributed by atoms with Crippen LogP contribution in [0.4, 0.5) is 5.69 Å². The first kappa shape index (κ1) is 29.1. The number of rotatable bonds is 10. The number of H-pyrrole nitrogens is 2. The molecule has 2 aromatic heterocycles. The van der Waals surface area contributed by atoms with Crippen molar-refractivity contribution in [1.82, 2.24) is 36.3 Å². The van der Waals surface area contributed by atoms with Gasteiger partial charge in [0.1, 0.15) is 23.8 Å². The Morgan fingerprint density at radius 1 is 1.11 bits per heavy atom. The second-order valence-corrected chi connectivity index (χ2v) is 11.6. The number of aryl methyl sites for hydroxylation is 1. The number of para-hydroxylation sites is 2. The van der Waals surface area contributed by atoms with Gasteiger partial charge in [-0.2, -0.15) is 0 Å². The maximum Gasteiger partial charge on any atom is 0.250 e. The Morgan fingerprint density at radius 3 is 2.70 bits per heavy atom. The van der Waals surface area contributed by atoms with Crippen LogP contribution in [0.25, 0.3) is 10.9 Å². The first-order chi connectivity index (χ1) is 21.3. The molecule has 0 spiro atoms. The molecule has 2 aliphatic rings. The highest BCUT2D eigenvalue weighted by atomic mass is 16.2. The molecule has 4 heterocycles. The quantitative estimate of drug-likeness (QED) is 0.188. The van der Waals surface area contributed by atoms with E-state index in [0.29, 0.717) is 31.4 Å². The standard InChI is InChI=1S/C32H36N8O4/c1-3-18(2)28(37-27(41)15-22-13-20-7-4-5-10-24(20)35-22)31(43)36-25-12-11-19-8-6-9-21-14-26(40(29(19)21)32(25)44)30(42)33-16-23-17-34-39-38-23/h4-10,13,17-18,25-26,28,35H,3,11-12,14-16H2,1-2H3,(H,33,42)(H,36,43)(H,37,41)(H,34,38,39)/t18-,25-,26-,28-/m0/s1. The largest absolute Gasteiger partial charge is 0.358 e. The molecule has 2 aromatic carbocycles. The monoisotopic (exact) mass is 596 g/mol. The molecule has 12 nitrogen and oxygen atoms in total. The first-order valence-electron chi connectivity index (χ1n) is 15.1. The van der Waals surface area contributed by atoms with E-state index in [0.717, 1.165) is 33.4 Å². The molecule has 228 valence electrons. The van der Waals surface area contributed by atoms with Crippen molar-refractivity contribution in [2.45, 2.75) is 70.6 Å². The van der Waals surface area contributed by atoms with Crippen molar-refractivity contribution in [3.05, 3.63) is 77.2 Å². The van der Waals surface area contributed by atoms with Gasteiger partial charge >= 0.3 is 0 Å². The zero-order chi connectivity index (χ0) is 30.8. The van der Waals surface area contributed by atoms with Crippen LogP contribution in [0.3, 0.4) is 0 Å². The third-order valence-electron chi connectivity index (χ3n) is 8.69. The van der Waals surface area contributed by atoms with Crippen LogP contribution in [0.15, 0.2) is 54.7 Å². The van der Waals surface area contributed by atoms with E-state index in [1.54, 1.807) is 11.1 Å². The normalized spacial score (nSPS) is 18.8. The van der Waals surface area contributed by atoms with Gasteiger partial charge in [0.25, 0.3) is 0 Å². The van der Waals surface area contributed by atoms with Crippen molar-refractivity contribution < 1.29 is 19.2 Å². The fourth-order valence-corrected chi connectivity index (χ4v) is 6.17. The maximum absolute atomic E-state index is 14.1. The average molecular weight is 597 g/mol. The summed E-state index contributed by atoms with van der Waals surface area (Å²) in [6.45, 7) is 4.03. The number of hydrogen-bond acceptors (Lipinski definition) is 6. The molecule has 0 saturated carbocycles. The number of nitrogens with zero attached hydrogens (tertiary/aromatic N) is 3. The molecular weight excluding hydrogens is 560 g/mol. The Morgan fingerprint density at radius 2 is 1.93 bits per heavy atom. The van der Waals surface area contributed by atoms with E-state index >= 15 is 0 Å². The Hall–Kier alpha value is -5.00. The molecule has 4 atom stereocenters. The van der Waals surface area contributed by atoms with Crippen LogP contribution < -0.4 is 20.9 Å². The molecular formula is C32H36N8O4. The molecule has 6 rings (SSSR count). The van der Waals surface area contributed by atoms with Crippen LogP contribution in [0.5, 0.6) is 0 Å². The van der Waals surface area contributed by atoms with Crippen molar-refractivity contribution in [3.63, 3.8) is 0 Å². The smallest absolute Gasteiger partial charge is 0.250 e. The minimum atomic E-state index is -0.858. The van der Waals surface area contributed by atoms with Gasteiger partial charge in [0.15, 0.2) is 0 Å². The minimum absolute atomic E-state index is 0.0915. The molecule has 0 saturated heterocycles. The van der Waals surface area contributed by atoms with Crippen LogP contribution >= 0.6 is 0 Å². The predicted octanol–water partition coefficient (Wildman–Crippen LogP) is 2.06. The molecule has 0 aliphatic carbocycles. The van der Waals surface area contributed by atoms with Gasteiger partial charge in [-0.1, -0.05) is 61.9 Å². The van der Waals surface area contributed by atoms with Crippen LogP contribution in [0.1, 0.15) is 49.2 Å². The first-order valence-corrected chi connectivity index (χ1v) is 15.1. The highest BCUT2D eigenvalue weighted by Gasteiger charge is 2.44. The van der Waals surface area contributed by atoms with E-state index in [2.05, 4.69) is 36.3 Å². The number of carbonyl (C=O) groups excluding carboxylic acids is 4. The van der Waals surface area contributed by atoms with E-state index in [1.165, 1.54) is 0 Å². The van der Waals surface area contributed by atoms with Crippen molar-refractivity contribution in [1.29, 1.82) is 0 Å². The predicted molar refractivity (Wildman–Crippen MR) is 163 cm³/mol. The number of nitrogens with one attached hydrogen (secondary N) is 5. The number of anilines is 1. The van der Waals surface area contributed by atoms with Crippen molar-refractivity contribution in [3.8, 4) is 0 Å². The second kappa shape index (κ2) is 12.3. The molecule has 5 N–H and O–H groups in total. The maximum atomic E-state index is 14.1. The molecule has 0 radical (unpaired) electrons. The summed E-state index contributed by atoms with van der Waals surface area (Å²) in [7, 11) is 0. The van der Waals surface area contributed by atoms with Gasteiger partial charge in [-0.3, -0.25) is 29.2 Å². The second-order valence-electron chi connectivity index (χ2n) is 11.6. The Labute approximate surface area is 254 Å². The van der Waals surface area contributed by atoms with Gasteiger partial charge in [0.2, 0.25) is 23.6 Å². The lowest BCUT2D eigenvalue weighted by Gasteiger charge is -2.29. The molecule has 0 unspecified atom stereocenters. The minimum Gasteiger partial charge on any atom is -0.358 e. The van der Waals surface area contributed by atoms with E-state index in [1.807, 2.05) is 62.4 Å². The number of amides is 4. The summed E-state index contributed by atoms with van der Waals surface area (Å²) < 4.78 is 0. The van der Waals surface area contributed by atoms with Gasteiger partial charge in [-0.05, 0) is 47.4 Å². The van der Waals surface area contributed by atoms with Gasteiger partial charge in [-0.25, -0.2) is 0 Å². The van der Waals surface area contributed by atoms with Crippen molar-refractivity contribution in [2.24, 2.45) is 5.92 Å². The summed E-state index contributed by atoms with van der Waals surface area (Å²) in [5, 5.41) is 19.9. The van der Waals surface area contributed by atoms with Crippen molar-refractivity contribution >= 4 is 40.2 Å². The van der Waals surface area contributed by atoms with Crippen LogP contribution in [-0.2, 0) is 45.0 Å². The van der Waals surface area contributed by atoms with Gasteiger partial charge in [-0.15, -0.1) is 5.10 Å². The van der Waals surface area contributed by atoms with E-state index in [-0.39, 0.29) is 36.6 Å². The van der Waals surface area contributed by atoms with Crippen LogP contribution in [0, 0.1) is 5.92 Å². The highest BCUT2D eigenvalue weighted by molar-refractivity contribution is 6.08. The third-order valence-corrected chi connectivity index (χ3v) is 8.69. The summed E-state index contributed by atoms with van der Waals surface area (Å²) in [5.41, 5.74) is 4.90. The summed E-state index contributed by atoms with van der Waals surface area (Å²) in [4.78, 5) is 59.1. The fourth-order valence-electron chi connectivity index (χ4n) is 6.17. The molecule has 44 heavy (non-hydrogen) atoms. The number of aromatic nitrogens is 4. The fraction of sp³-hybridized carbons (Fsp3) is 0.375. The van der Waals surface area contributed by atoms with E-state index in [4.69, 9.17) is 0 Å². The molecule has 4 aromatic rings. The van der Waals surface area contributed by atoms with Gasteiger partial charge < -0.3 is 20.9 Å². The number of carbonyl (C=O) groups is 4. The Balaban J connectivity index is 1.17. The van der Waals surface area contributed by atoms with Gasteiger partial charge in [0, 0.05) is 23.8 Å². The highest BCUT2D eigenvalue weighted by Crippen LogP contribution is 2.39. The molecule has 0 fully saturated rings. The average Bonchev–Trinajstić information content (AvgIpc) is 3.76. The summed E-state index contributed by atoms with van der Waals surface area (Å²) in [6.07, 6.45) is 3.65. The topological polar surface area (TPSA) is 165 Å². The number of fused-ring (bicyclic) bond motifs is 1. The number of aromatic amines is 2. The Kier molecular flexibility index (Phi) is 8.14. The summed E-state index contributed by atoms with van der Waals surface area (Å²) in [5.74, 6) is -1.52. The van der Waals surface area contributed by atoms with E-state index in [9.17, 15) is 19.2 Å². The van der Waals surface area contributed by atoms with E-state index < -0.39 is 24.0 Å². The Bertz CT molecular complexity index is 1660. The third kappa shape index (κ3) is 5.79. The lowest BCUT2D eigenvalue weighted by molar-refractivity contribution is -0.133. The number of hydrogen-bond donors (Lipinski definition) is 5. The molecule has 2 aliphatic heterocycles. The van der Waals surface area contributed by atoms with Gasteiger partial charge in [0.05, 0.1) is 18.7 Å². The summed E-state index contributed by atoms with van der Waals surface area (Å²) in [6, 6.07) is 13.1. The summed E-state index contributed by atoms with van der Waals surface area (Å²) >= 11 is 0. The molecule has 12 heteroatoms. The van der Waals surface area contributed by atoms with Crippen LogP contribution in [-0.4, -0.2) is 62.1 Å². The lowest BCUT2D eigenvalue weighted by atomic mass is 9.97. The zero-order valence-electron chi connectivity index (χ0n) is 24.7. The van der Waals surface area contributed by atoms with Crippen molar-refractivity contribution in [2.75, 3.05) is 4.90 Å². The number of benzene rings is 2. The van der Waals surface area contributed by atoms with Crippen LogP contribution in [0.2, 0.25) is 0 Å². The molecule has 0 bridgehead atoms.